The SMILES string of the molecule is Cc1cccc(C)c1Nc1nc2c(N)nc(-c3ccc4c(c3)OCCO4)nc2s1. The third-order valence-electron chi connectivity index (χ3n) is 4.80. The first-order valence-corrected chi connectivity index (χ1v) is 10.1. The molecule has 0 amide bonds. The predicted octanol–water partition coefficient (Wildman–Crippen LogP) is 4.47. The first-order valence-electron chi connectivity index (χ1n) is 9.26. The summed E-state index contributed by atoms with van der Waals surface area (Å²) in [4.78, 5) is 14.5. The molecule has 7 nitrogen and oxygen atoms in total. The normalized spacial score (nSPS) is 12.9. The van der Waals surface area contributed by atoms with Gasteiger partial charge in [-0.2, -0.15) is 0 Å². The van der Waals surface area contributed by atoms with E-state index in [1.54, 1.807) is 0 Å². The van der Waals surface area contributed by atoms with E-state index in [2.05, 4.69) is 41.3 Å². The van der Waals surface area contributed by atoms with Crippen LogP contribution in [0, 0.1) is 13.8 Å². The minimum Gasteiger partial charge on any atom is -0.486 e. The molecular formula is C21H19N5O2S. The number of nitrogens with two attached hydrogens (primary N) is 1. The average molecular weight is 405 g/mol. The molecule has 0 fully saturated rings. The van der Waals surface area contributed by atoms with Crippen molar-refractivity contribution in [3.8, 4) is 22.9 Å². The Morgan fingerprint density at radius 1 is 0.966 bits per heavy atom. The molecule has 5 rings (SSSR count). The van der Waals surface area contributed by atoms with Crippen LogP contribution in [0.25, 0.3) is 21.7 Å². The van der Waals surface area contributed by atoms with E-state index in [-0.39, 0.29) is 0 Å². The molecule has 146 valence electrons. The zero-order valence-electron chi connectivity index (χ0n) is 16.0. The number of rotatable bonds is 3. The fourth-order valence-corrected chi connectivity index (χ4v) is 4.18. The third kappa shape index (κ3) is 3.21. The van der Waals surface area contributed by atoms with Crippen LogP contribution >= 0.6 is 11.3 Å². The maximum atomic E-state index is 6.21. The third-order valence-corrected chi connectivity index (χ3v) is 5.66. The lowest BCUT2D eigenvalue weighted by molar-refractivity contribution is 0.171. The summed E-state index contributed by atoms with van der Waals surface area (Å²) in [5, 5.41) is 4.14. The van der Waals surface area contributed by atoms with Crippen LogP contribution in [-0.4, -0.2) is 28.2 Å². The summed E-state index contributed by atoms with van der Waals surface area (Å²) >= 11 is 1.45. The number of anilines is 3. The Hall–Kier alpha value is -3.39. The second kappa shape index (κ2) is 6.89. The fourth-order valence-electron chi connectivity index (χ4n) is 3.33. The van der Waals surface area contributed by atoms with E-state index in [0.717, 1.165) is 38.1 Å². The molecule has 0 spiro atoms. The highest BCUT2D eigenvalue weighted by atomic mass is 32.1. The van der Waals surface area contributed by atoms with Crippen molar-refractivity contribution < 1.29 is 9.47 Å². The molecule has 0 radical (unpaired) electrons. The minimum absolute atomic E-state index is 0.352. The predicted molar refractivity (Wildman–Crippen MR) is 115 cm³/mol. The van der Waals surface area contributed by atoms with E-state index in [1.165, 1.54) is 11.3 Å². The monoisotopic (exact) mass is 405 g/mol. The van der Waals surface area contributed by atoms with Crippen LogP contribution in [0.4, 0.5) is 16.6 Å². The van der Waals surface area contributed by atoms with Crippen molar-refractivity contribution >= 4 is 38.3 Å². The molecule has 0 bridgehead atoms. The second-order valence-electron chi connectivity index (χ2n) is 6.86. The summed E-state index contributed by atoms with van der Waals surface area (Å²) < 4.78 is 11.2. The zero-order valence-corrected chi connectivity index (χ0v) is 16.8. The number of aromatic nitrogens is 3. The van der Waals surface area contributed by atoms with Gasteiger partial charge in [0.15, 0.2) is 33.1 Å². The Morgan fingerprint density at radius 2 is 1.72 bits per heavy atom. The first kappa shape index (κ1) is 17.7. The minimum atomic E-state index is 0.352. The summed E-state index contributed by atoms with van der Waals surface area (Å²) in [5.41, 5.74) is 11.0. The van der Waals surface area contributed by atoms with Gasteiger partial charge in [0, 0.05) is 11.3 Å². The molecule has 1 aliphatic rings. The number of fused-ring (bicyclic) bond motifs is 2. The van der Waals surface area contributed by atoms with Crippen LogP contribution < -0.4 is 20.5 Å². The Kier molecular flexibility index (Phi) is 4.21. The van der Waals surface area contributed by atoms with Gasteiger partial charge in [0.25, 0.3) is 0 Å². The van der Waals surface area contributed by atoms with Crippen LogP contribution in [0.15, 0.2) is 36.4 Å². The van der Waals surface area contributed by atoms with Crippen molar-refractivity contribution in [3.05, 3.63) is 47.5 Å². The van der Waals surface area contributed by atoms with Crippen LogP contribution in [0.5, 0.6) is 11.5 Å². The molecule has 2 aromatic heterocycles. The van der Waals surface area contributed by atoms with Gasteiger partial charge in [-0.05, 0) is 43.2 Å². The van der Waals surface area contributed by atoms with Crippen LogP contribution in [-0.2, 0) is 0 Å². The van der Waals surface area contributed by atoms with Gasteiger partial charge in [0.1, 0.15) is 18.7 Å². The highest BCUT2D eigenvalue weighted by Crippen LogP contribution is 2.36. The van der Waals surface area contributed by atoms with Gasteiger partial charge in [-0.1, -0.05) is 29.5 Å². The van der Waals surface area contributed by atoms with E-state index in [0.29, 0.717) is 36.1 Å². The highest BCUT2D eigenvalue weighted by molar-refractivity contribution is 7.21. The molecule has 0 atom stereocenters. The molecule has 3 heterocycles. The number of aryl methyl sites for hydroxylation is 2. The molecule has 1 aliphatic heterocycles. The lowest BCUT2D eigenvalue weighted by Gasteiger charge is -2.18. The summed E-state index contributed by atoms with van der Waals surface area (Å²) in [7, 11) is 0. The van der Waals surface area contributed by atoms with Crippen LogP contribution in [0.3, 0.4) is 0 Å². The highest BCUT2D eigenvalue weighted by Gasteiger charge is 2.17. The first-order chi connectivity index (χ1) is 14.1. The maximum absolute atomic E-state index is 6.21. The molecule has 3 N–H and O–H groups in total. The lowest BCUT2D eigenvalue weighted by Crippen LogP contribution is -2.15. The second-order valence-corrected chi connectivity index (χ2v) is 7.83. The summed E-state index contributed by atoms with van der Waals surface area (Å²) in [6, 6.07) is 11.8. The van der Waals surface area contributed by atoms with Gasteiger partial charge in [-0.3, -0.25) is 0 Å². The molecule has 8 heteroatoms. The standard InChI is InChI=1S/C21H19N5O2S/c1-11-4-3-5-12(2)16(11)23-21-24-17-18(22)25-19(26-20(17)29-21)13-6-7-14-15(10-13)28-9-8-27-14/h3-7,10H,8-9H2,1-2H3,(H,23,24)(H2,22,25,26). The lowest BCUT2D eigenvalue weighted by atomic mass is 10.1. The zero-order chi connectivity index (χ0) is 20.0. The quantitative estimate of drug-likeness (QED) is 0.519. The van der Waals surface area contributed by atoms with Gasteiger partial charge in [0.2, 0.25) is 0 Å². The summed E-state index contributed by atoms with van der Waals surface area (Å²) in [6.07, 6.45) is 0. The summed E-state index contributed by atoms with van der Waals surface area (Å²) in [5.74, 6) is 2.31. The molecule has 0 saturated heterocycles. The average Bonchev–Trinajstić information content (AvgIpc) is 3.14. The Morgan fingerprint density at radius 3 is 2.52 bits per heavy atom. The van der Waals surface area contributed by atoms with E-state index in [1.807, 2.05) is 24.3 Å². The Balaban J connectivity index is 1.53. The van der Waals surface area contributed by atoms with Crippen molar-refractivity contribution in [2.24, 2.45) is 0 Å². The number of ether oxygens (including phenoxy) is 2. The van der Waals surface area contributed by atoms with Crippen molar-refractivity contribution in [1.82, 2.24) is 15.0 Å². The molecular weight excluding hydrogens is 386 g/mol. The van der Waals surface area contributed by atoms with Gasteiger partial charge in [0.05, 0.1) is 0 Å². The van der Waals surface area contributed by atoms with Gasteiger partial charge in [-0.25, -0.2) is 15.0 Å². The maximum Gasteiger partial charge on any atom is 0.189 e. The number of para-hydroxylation sites is 1. The molecule has 0 unspecified atom stereocenters. The molecule has 2 aromatic carbocycles. The fraction of sp³-hybridized carbons (Fsp3) is 0.190. The van der Waals surface area contributed by atoms with Gasteiger partial charge < -0.3 is 20.5 Å². The Bertz CT molecular complexity index is 1220. The number of nitrogens with one attached hydrogen (secondary N) is 1. The number of hydrogen-bond acceptors (Lipinski definition) is 8. The smallest absolute Gasteiger partial charge is 0.189 e. The van der Waals surface area contributed by atoms with Crippen LogP contribution in [0.2, 0.25) is 0 Å². The van der Waals surface area contributed by atoms with E-state index in [9.17, 15) is 0 Å². The number of benzene rings is 2. The Labute approximate surface area is 171 Å². The molecule has 0 aliphatic carbocycles. The molecule has 4 aromatic rings. The van der Waals surface area contributed by atoms with Crippen molar-refractivity contribution in [2.45, 2.75) is 13.8 Å². The van der Waals surface area contributed by atoms with E-state index < -0.39 is 0 Å². The van der Waals surface area contributed by atoms with Crippen molar-refractivity contribution in [3.63, 3.8) is 0 Å². The van der Waals surface area contributed by atoms with Crippen LogP contribution in [0.1, 0.15) is 11.1 Å². The van der Waals surface area contributed by atoms with Crippen molar-refractivity contribution in [2.75, 3.05) is 24.3 Å². The number of nitrogen functional groups attached to an aromatic ring is 1. The summed E-state index contributed by atoms with van der Waals surface area (Å²) in [6.45, 7) is 5.22. The van der Waals surface area contributed by atoms with Crippen molar-refractivity contribution in [1.29, 1.82) is 0 Å². The number of thiazole rings is 1. The largest absolute Gasteiger partial charge is 0.486 e. The number of nitrogens with zero attached hydrogens (tertiary/aromatic N) is 3. The van der Waals surface area contributed by atoms with Gasteiger partial charge >= 0.3 is 0 Å². The van der Waals surface area contributed by atoms with E-state index in [4.69, 9.17) is 20.2 Å². The van der Waals surface area contributed by atoms with Gasteiger partial charge in [-0.15, -0.1) is 0 Å². The molecule has 0 saturated carbocycles. The van der Waals surface area contributed by atoms with E-state index >= 15 is 0 Å². The number of hydrogen-bond donors (Lipinski definition) is 2. The topological polar surface area (TPSA) is 95.2 Å². The molecule has 29 heavy (non-hydrogen) atoms.